The van der Waals surface area contributed by atoms with Gasteiger partial charge < -0.3 is 10.8 Å². The minimum Gasteiger partial charge on any atom is -0.481 e. The fraction of sp³-hybridized carbons (Fsp3) is 0.417. The molecular weight excluding hydrogens is 209 g/mol. The van der Waals surface area contributed by atoms with Gasteiger partial charge in [0.2, 0.25) is 0 Å². The van der Waals surface area contributed by atoms with Crippen molar-refractivity contribution in [2.24, 2.45) is 5.73 Å². The molecule has 3 nitrogen and oxygen atoms in total. The van der Waals surface area contributed by atoms with Gasteiger partial charge in [-0.1, -0.05) is 19.9 Å². The maximum Gasteiger partial charge on any atom is 0.312 e. The van der Waals surface area contributed by atoms with Crippen LogP contribution in [0.15, 0.2) is 18.2 Å². The lowest BCUT2D eigenvalue weighted by atomic mass is 9.89. The van der Waals surface area contributed by atoms with Crippen LogP contribution in [-0.2, 0) is 4.79 Å². The van der Waals surface area contributed by atoms with E-state index in [1.807, 2.05) is 13.8 Å². The molecule has 4 heteroatoms. The molecule has 1 unspecified atom stereocenters. The summed E-state index contributed by atoms with van der Waals surface area (Å²) in [6, 6.07) is 4.23. The maximum atomic E-state index is 13.1. The first kappa shape index (κ1) is 12.6. The fourth-order valence-corrected chi connectivity index (χ4v) is 1.73. The summed E-state index contributed by atoms with van der Waals surface area (Å²) < 4.78 is 13.1. The van der Waals surface area contributed by atoms with E-state index < -0.39 is 17.7 Å². The molecule has 0 bridgehead atoms. The Kier molecular flexibility index (Phi) is 4.01. The van der Waals surface area contributed by atoms with Gasteiger partial charge in [0.25, 0.3) is 0 Å². The highest BCUT2D eigenvalue weighted by Crippen LogP contribution is 2.27. The van der Waals surface area contributed by atoms with Gasteiger partial charge >= 0.3 is 5.97 Å². The summed E-state index contributed by atoms with van der Waals surface area (Å²) in [4.78, 5) is 11.0. The summed E-state index contributed by atoms with van der Waals surface area (Å²) in [5, 5.41) is 9.02. The molecule has 1 rings (SSSR count). The number of hydrogen-bond donors (Lipinski definition) is 2. The second kappa shape index (κ2) is 5.07. The van der Waals surface area contributed by atoms with E-state index in [-0.39, 0.29) is 12.5 Å². The van der Waals surface area contributed by atoms with Crippen LogP contribution in [-0.4, -0.2) is 17.6 Å². The van der Waals surface area contributed by atoms with E-state index in [0.29, 0.717) is 5.56 Å². The number of benzene rings is 1. The second-order valence-electron chi connectivity index (χ2n) is 4.05. The molecule has 1 aromatic carbocycles. The molecule has 0 heterocycles. The predicted octanol–water partition coefficient (Wildman–Crippen LogP) is 2.08. The Hall–Kier alpha value is -1.42. The minimum absolute atomic E-state index is 0.0293. The van der Waals surface area contributed by atoms with Crippen molar-refractivity contribution in [2.45, 2.75) is 25.7 Å². The van der Waals surface area contributed by atoms with E-state index in [1.165, 1.54) is 12.1 Å². The number of carbonyl (C=O) groups is 1. The number of carboxylic acids is 1. The molecule has 0 saturated carbocycles. The largest absolute Gasteiger partial charge is 0.481 e. The topological polar surface area (TPSA) is 63.3 Å². The van der Waals surface area contributed by atoms with Crippen LogP contribution in [0.5, 0.6) is 0 Å². The van der Waals surface area contributed by atoms with Crippen molar-refractivity contribution in [3.8, 4) is 0 Å². The molecule has 1 aromatic rings. The van der Waals surface area contributed by atoms with Gasteiger partial charge in [0, 0.05) is 6.54 Å². The first-order valence-electron chi connectivity index (χ1n) is 5.19. The molecule has 0 saturated heterocycles. The van der Waals surface area contributed by atoms with E-state index >= 15 is 0 Å². The van der Waals surface area contributed by atoms with E-state index in [9.17, 15) is 9.18 Å². The normalized spacial score (nSPS) is 12.8. The highest BCUT2D eigenvalue weighted by atomic mass is 19.1. The Bertz CT molecular complexity index is 391. The Labute approximate surface area is 94.1 Å². The summed E-state index contributed by atoms with van der Waals surface area (Å²) in [6.45, 7) is 3.84. The third kappa shape index (κ3) is 2.58. The van der Waals surface area contributed by atoms with Gasteiger partial charge in [-0.2, -0.15) is 0 Å². The number of hydrogen-bond acceptors (Lipinski definition) is 2. The van der Waals surface area contributed by atoms with Crippen molar-refractivity contribution in [3.63, 3.8) is 0 Å². The number of rotatable bonds is 4. The van der Waals surface area contributed by atoms with Gasteiger partial charge in [-0.15, -0.1) is 0 Å². The molecule has 0 aliphatic carbocycles. The summed E-state index contributed by atoms with van der Waals surface area (Å²) in [6.07, 6.45) is 0. The van der Waals surface area contributed by atoms with Crippen molar-refractivity contribution in [1.82, 2.24) is 0 Å². The van der Waals surface area contributed by atoms with Crippen molar-refractivity contribution >= 4 is 5.97 Å². The smallest absolute Gasteiger partial charge is 0.312 e. The molecule has 3 N–H and O–H groups in total. The Morgan fingerprint density at radius 1 is 1.44 bits per heavy atom. The molecule has 0 aliphatic heterocycles. The third-order valence-electron chi connectivity index (χ3n) is 2.58. The van der Waals surface area contributed by atoms with Crippen LogP contribution in [0.1, 0.15) is 36.8 Å². The fourth-order valence-electron chi connectivity index (χ4n) is 1.73. The van der Waals surface area contributed by atoms with Crippen LogP contribution in [0.4, 0.5) is 4.39 Å². The van der Waals surface area contributed by atoms with Crippen molar-refractivity contribution in [2.75, 3.05) is 6.54 Å². The zero-order valence-electron chi connectivity index (χ0n) is 9.40. The molecular formula is C12H16FNO2. The van der Waals surface area contributed by atoms with Crippen molar-refractivity contribution < 1.29 is 14.3 Å². The molecule has 0 fully saturated rings. The molecule has 0 aromatic heterocycles. The predicted molar refractivity (Wildman–Crippen MR) is 59.9 cm³/mol. The first-order chi connectivity index (χ1) is 7.47. The third-order valence-corrected chi connectivity index (χ3v) is 2.58. The standard InChI is InChI=1S/C12H16FNO2/c1-7(2)9-4-3-8(13)5-10(9)11(6-14)12(15)16/h3-5,7,11H,6,14H2,1-2H3,(H,15,16). The van der Waals surface area contributed by atoms with E-state index in [1.54, 1.807) is 6.07 Å². The van der Waals surface area contributed by atoms with Crippen LogP contribution in [0.3, 0.4) is 0 Å². The highest BCUT2D eigenvalue weighted by molar-refractivity contribution is 5.77. The average molecular weight is 225 g/mol. The quantitative estimate of drug-likeness (QED) is 0.824. The average Bonchev–Trinajstić information content (AvgIpc) is 2.17. The Morgan fingerprint density at radius 2 is 2.06 bits per heavy atom. The van der Waals surface area contributed by atoms with Crippen molar-refractivity contribution in [3.05, 3.63) is 35.1 Å². The molecule has 0 aliphatic rings. The first-order valence-corrected chi connectivity index (χ1v) is 5.19. The van der Waals surface area contributed by atoms with Gasteiger partial charge in [-0.05, 0) is 29.2 Å². The van der Waals surface area contributed by atoms with Crippen LogP contribution < -0.4 is 5.73 Å². The summed E-state index contributed by atoms with van der Waals surface area (Å²) in [7, 11) is 0. The van der Waals surface area contributed by atoms with E-state index in [4.69, 9.17) is 10.8 Å². The number of nitrogens with two attached hydrogens (primary N) is 1. The van der Waals surface area contributed by atoms with Crippen LogP contribution >= 0.6 is 0 Å². The van der Waals surface area contributed by atoms with Crippen LogP contribution in [0.2, 0.25) is 0 Å². The van der Waals surface area contributed by atoms with Crippen molar-refractivity contribution in [1.29, 1.82) is 0 Å². The zero-order valence-corrected chi connectivity index (χ0v) is 9.40. The summed E-state index contributed by atoms with van der Waals surface area (Å²) in [5.74, 6) is -2.15. The van der Waals surface area contributed by atoms with E-state index in [2.05, 4.69) is 0 Å². The summed E-state index contributed by atoms with van der Waals surface area (Å²) in [5.41, 5.74) is 6.73. The molecule has 0 spiro atoms. The Balaban J connectivity index is 3.27. The molecule has 88 valence electrons. The lowest BCUT2D eigenvalue weighted by Gasteiger charge is -2.17. The minimum atomic E-state index is -1.02. The molecule has 1 atom stereocenters. The molecule has 0 radical (unpaired) electrons. The number of halogens is 1. The lowest BCUT2D eigenvalue weighted by Crippen LogP contribution is -2.22. The van der Waals surface area contributed by atoms with Crippen LogP contribution in [0, 0.1) is 5.82 Å². The number of aliphatic carboxylic acids is 1. The van der Waals surface area contributed by atoms with E-state index in [0.717, 1.165) is 5.56 Å². The zero-order chi connectivity index (χ0) is 12.3. The highest BCUT2D eigenvalue weighted by Gasteiger charge is 2.22. The summed E-state index contributed by atoms with van der Waals surface area (Å²) >= 11 is 0. The SMILES string of the molecule is CC(C)c1ccc(F)cc1C(CN)C(=O)O. The van der Waals surface area contributed by atoms with Gasteiger partial charge in [0.1, 0.15) is 5.82 Å². The maximum absolute atomic E-state index is 13.1. The number of carboxylic acid groups (broad SMARTS) is 1. The lowest BCUT2D eigenvalue weighted by molar-refractivity contribution is -0.138. The van der Waals surface area contributed by atoms with Gasteiger partial charge in [-0.3, -0.25) is 4.79 Å². The van der Waals surface area contributed by atoms with Gasteiger partial charge in [-0.25, -0.2) is 4.39 Å². The molecule has 16 heavy (non-hydrogen) atoms. The molecule has 0 amide bonds. The monoisotopic (exact) mass is 225 g/mol. The Morgan fingerprint density at radius 3 is 2.50 bits per heavy atom. The second-order valence-corrected chi connectivity index (χ2v) is 4.05. The van der Waals surface area contributed by atoms with Crippen LogP contribution in [0.25, 0.3) is 0 Å². The van der Waals surface area contributed by atoms with Gasteiger partial charge in [0.05, 0.1) is 5.92 Å². The van der Waals surface area contributed by atoms with Gasteiger partial charge in [0.15, 0.2) is 0 Å².